The molecule has 90 valence electrons. The van der Waals surface area contributed by atoms with E-state index in [9.17, 15) is 9.90 Å². The van der Waals surface area contributed by atoms with Crippen LogP contribution in [-0.4, -0.2) is 37.0 Å². The van der Waals surface area contributed by atoms with Gasteiger partial charge in [0.15, 0.2) is 0 Å². The summed E-state index contributed by atoms with van der Waals surface area (Å²) in [6.07, 6.45) is 0.360. The number of esters is 1. The summed E-state index contributed by atoms with van der Waals surface area (Å²) >= 11 is 0. The van der Waals surface area contributed by atoms with E-state index >= 15 is 0 Å². The van der Waals surface area contributed by atoms with Crippen molar-refractivity contribution in [2.45, 2.75) is 45.3 Å². The molecule has 0 aromatic rings. The van der Waals surface area contributed by atoms with E-state index < -0.39 is 6.10 Å². The van der Waals surface area contributed by atoms with Crippen molar-refractivity contribution < 1.29 is 19.4 Å². The number of methoxy groups -OCH3 is 2. The summed E-state index contributed by atoms with van der Waals surface area (Å²) in [4.78, 5) is 11.1. The minimum Gasteiger partial charge on any atom is -0.469 e. The van der Waals surface area contributed by atoms with Gasteiger partial charge in [-0.05, 0) is 20.3 Å². The molecule has 0 radical (unpaired) electrons. The van der Waals surface area contributed by atoms with Gasteiger partial charge in [-0.25, -0.2) is 0 Å². The van der Waals surface area contributed by atoms with Gasteiger partial charge in [0.05, 0.1) is 24.7 Å². The van der Waals surface area contributed by atoms with Gasteiger partial charge in [0.1, 0.15) is 0 Å². The molecule has 4 heteroatoms. The first-order valence-electron chi connectivity index (χ1n) is 5.13. The molecule has 0 aliphatic heterocycles. The van der Waals surface area contributed by atoms with Gasteiger partial charge in [-0.1, -0.05) is 6.92 Å². The summed E-state index contributed by atoms with van der Waals surface area (Å²) < 4.78 is 9.79. The van der Waals surface area contributed by atoms with Crippen LogP contribution in [-0.2, 0) is 14.3 Å². The van der Waals surface area contributed by atoms with E-state index in [4.69, 9.17) is 4.74 Å². The molecule has 0 fully saturated rings. The number of aliphatic hydroxyl groups is 1. The second kappa shape index (κ2) is 6.08. The van der Waals surface area contributed by atoms with Crippen molar-refractivity contribution in [2.75, 3.05) is 14.2 Å². The summed E-state index contributed by atoms with van der Waals surface area (Å²) in [6, 6.07) is 0. The molecule has 2 atom stereocenters. The lowest BCUT2D eigenvalue weighted by molar-refractivity contribution is -0.146. The van der Waals surface area contributed by atoms with E-state index in [1.165, 1.54) is 7.11 Å². The molecule has 15 heavy (non-hydrogen) atoms. The fourth-order valence-electron chi connectivity index (χ4n) is 1.44. The van der Waals surface area contributed by atoms with Crippen molar-refractivity contribution in [1.82, 2.24) is 0 Å². The van der Waals surface area contributed by atoms with Gasteiger partial charge in [0, 0.05) is 13.5 Å². The van der Waals surface area contributed by atoms with Crippen molar-refractivity contribution in [3.63, 3.8) is 0 Å². The molecule has 2 unspecified atom stereocenters. The molecule has 0 aliphatic rings. The topological polar surface area (TPSA) is 55.8 Å². The van der Waals surface area contributed by atoms with Crippen LogP contribution >= 0.6 is 0 Å². The number of carbonyl (C=O) groups is 1. The van der Waals surface area contributed by atoms with Gasteiger partial charge < -0.3 is 14.6 Å². The Hall–Kier alpha value is -0.610. The third-order valence-corrected chi connectivity index (χ3v) is 2.51. The molecule has 0 aliphatic carbocycles. The number of carbonyl (C=O) groups excluding carboxylic acids is 1. The third-order valence-electron chi connectivity index (χ3n) is 2.51. The molecule has 1 N–H and O–H groups in total. The molecule has 0 rings (SSSR count). The van der Waals surface area contributed by atoms with E-state index in [2.05, 4.69) is 4.74 Å². The monoisotopic (exact) mass is 218 g/mol. The Bertz CT molecular complexity index is 201. The second-order valence-corrected chi connectivity index (χ2v) is 4.48. The molecular formula is C11H22O4. The molecular weight excluding hydrogens is 196 g/mol. The first kappa shape index (κ1) is 14.4. The summed E-state index contributed by atoms with van der Waals surface area (Å²) in [7, 11) is 2.96. The number of hydrogen-bond donors (Lipinski definition) is 1. The Morgan fingerprint density at radius 3 is 2.33 bits per heavy atom. The van der Waals surface area contributed by atoms with E-state index in [1.54, 1.807) is 14.0 Å². The Kier molecular flexibility index (Phi) is 5.83. The second-order valence-electron chi connectivity index (χ2n) is 4.48. The highest BCUT2D eigenvalue weighted by Crippen LogP contribution is 2.20. The summed E-state index contributed by atoms with van der Waals surface area (Å²) in [5.41, 5.74) is -0.366. The summed E-state index contributed by atoms with van der Waals surface area (Å²) in [6.45, 7) is 5.55. The maximum absolute atomic E-state index is 11.1. The predicted octanol–water partition coefficient (Wildman–Crippen LogP) is 1.36. The highest BCUT2D eigenvalue weighted by molar-refractivity contribution is 5.71. The normalized spacial score (nSPS) is 15.9. The van der Waals surface area contributed by atoms with Crippen LogP contribution < -0.4 is 0 Å². The van der Waals surface area contributed by atoms with Gasteiger partial charge in [-0.3, -0.25) is 4.79 Å². The Morgan fingerprint density at radius 1 is 1.40 bits per heavy atom. The van der Waals surface area contributed by atoms with Crippen LogP contribution in [0.3, 0.4) is 0 Å². The summed E-state index contributed by atoms with van der Waals surface area (Å²) in [5.74, 6) is -0.568. The van der Waals surface area contributed by atoms with Crippen molar-refractivity contribution >= 4 is 5.97 Å². The fraction of sp³-hybridized carbons (Fsp3) is 0.909. The minimum absolute atomic E-state index is 0.280. The average molecular weight is 218 g/mol. The predicted molar refractivity (Wildman–Crippen MR) is 57.5 cm³/mol. The SMILES string of the molecule is COC(=O)C(C)CC(O)CC(C)(C)OC. The van der Waals surface area contributed by atoms with Crippen molar-refractivity contribution in [2.24, 2.45) is 5.92 Å². The van der Waals surface area contributed by atoms with Crippen LogP contribution in [0.2, 0.25) is 0 Å². The van der Waals surface area contributed by atoms with Crippen molar-refractivity contribution in [3.05, 3.63) is 0 Å². The molecule has 4 nitrogen and oxygen atoms in total. The molecule has 0 bridgehead atoms. The first-order valence-corrected chi connectivity index (χ1v) is 5.13. The number of rotatable bonds is 6. The molecule has 0 spiro atoms. The van der Waals surface area contributed by atoms with Gasteiger partial charge in [-0.15, -0.1) is 0 Å². The maximum atomic E-state index is 11.1. The van der Waals surface area contributed by atoms with Gasteiger partial charge in [0.25, 0.3) is 0 Å². The van der Waals surface area contributed by atoms with Crippen molar-refractivity contribution in [3.8, 4) is 0 Å². The quantitative estimate of drug-likeness (QED) is 0.684. The average Bonchev–Trinajstić information content (AvgIpc) is 2.15. The van der Waals surface area contributed by atoms with Crippen LogP contribution in [0, 0.1) is 5.92 Å². The molecule has 0 saturated carbocycles. The third kappa shape index (κ3) is 5.74. The van der Waals surface area contributed by atoms with Crippen LogP contribution in [0.15, 0.2) is 0 Å². The van der Waals surface area contributed by atoms with E-state index in [0.29, 0.717) is 12.8 Å². The van der Waals surface area contributed by atoms with Crippen LogP contribution in [0.25, 0.3) is 0 Å². The first-order chi connectivity index (χ1) is 6.82. The number of ether oxygens (including phenoxy) is 2. The Morgan fingerprint density at radius 2 is 1.93 bits per heavy atom. The largest absolute Gasteiger partial charge is 0.469 e. The zero-order valence-electron chi connectivity index (χ0n) is 10.2. The zero-order valence-corrected chi connectivity index (χ0v) is 10.2. The molecule has 0 amide bonds. The minimum atomic E-state index is -0.547. The Labute approximate surface area is 91.6 Å². The van der Waals surface area contributed by atoms with Crippen LogP contribution in [0.5, 0.6) is 0 Å². The summed E-state index contributed by atoms with van der Waals surface area (Å²) in [5, 5.41) is 9.74. The molecule has 0 heterocycles. The zero-order chi connectivity index (χ0) is 12.1. The lowest BCUT2D eigenvalue weighted by atomic mass is 9.94. The lowest BCUT2D eigenvalue weighted by Crippen LogP contribution is -2.30. The van der Waals surface area contributed by atoms with Gasteiger partial charge >= 0.3 is 5.97 Å². The molecule has 0 saturated heterocycles. The van der Waals surface area contributed by atoms with E-state index in [0.717, 1.165) is 0 Å². The van der Waals surface area contributed by atoms with Crippen LogP contribution in [0.1, 0.15) is 33.6 Å². The highest BCUT2D eigenvalue weighted by atomic mass is 16.5. The van der Waals surface area contributed by atoms with Gasteiger partial charge in [0.2, 0.25) is 0 Å². The van der Waals surface area contributed by atoms with E-state index in [1.807, 2.05) is 13.8 Å². The molecule has 0 aromatic carbocycles. The van der Waals surface area contributed by atoms with Gasteiger partial charge in [-0.2, -0.15) is 0 Å². The van der Waals surface area contributed by atoms with E-state index in [-0.39, 0.29) is 17.5 Å². The molecule has 0 aromatic heterocycles. The maximum Gasteiger partial charge on any atom is 0.308 e. The van der Waals surface area contributed by atoms with Crippen molar-refractivity contribution in [1.29, 1.82) is 0 Å². The fourth-order valence-corrected chi connectivity index (χ4v) is 1.44. The number of aliphatic hydroxyl groups excluding tert-OH is 1. The standard InChI is InChI=1S/C11H22O4/c1-8(10(13)14-4)6-9(12)7-11(2,3)15-5/h8-9,12H,6-7H2,1-5H3. The smallest absolute Gasteiger partial charge is 0.308 e. The number of hydrogen-bond acceptors (Lipinski definition) is 4. The lowest BCUT2D eigenvalue weighted by Gasteiger charge is -2.26. The van der Waals surface area contributed by atoms with Crippen LogP contribution in [0.4, 0.5) is 0 Å². The highest BCUT2D eigenvalue weighted by Gasteiger charge is 2.24. The Balaban J connectivity index is 4.03.